The highest BCUT2D eigenvalue weighted by atomic mass is 16.5. The fraction of sp³-hybridized carbons (Fsp3) is 0.438. The number of rotatable bonds is 4. The van der Waals surface area contributed by atoms with E-state index in [1.165, 1.54) is 0 Å². The van der Waals surface area contributed by atoms with E-state index >= 15 is 0 Å². The molecule has 2 aromatic rings. The molecule has 0 saturated carbocycles. The molecule has 0 radical (unpaired) electrons. The van der Waals surface area contributed by atoms with Crippen LogP contribution in [-0.4, -0.2) is 27.4 Å². The number of nitrogens with zero attached hydrogens (tertiary/aromatic N) is 3. The van der Waals surface area contributed by atoms with E-state index in [1.54, 1.807) is 13.3 Å². The van der Waals surface area contributed by atoms with Gasteiger partial charge in [0, 0.05) is 35.0 Å². The molecule has 0 aliphatic rings. The van der Waals surface area contributed by atoms with Gasteiger partial charge >= 0.3 is 0 Å². The summed E-state index contributed by atoms with van der Waals surface area (Å²) in [6.45, 7) is 7.63. The van der Waals surface area contributed by atoms with Crippen molar-refractivity contribution in [1.82, 2.24) is 15.2 Å². The molecular weight excluding hydrogens is 266 g/mol. The highest BCUT2D eigenvalue weighted by Gasteiger charge is 2.17. The van der Waals surface area contributed by atoms with Crippen LogP contribution < -0.4 is 4.74 Å². The Morgan fingerprint density at radius 3 is 2.57 bits per heavy atom. The lowest BCUT2D eigenvalue weighted by Gasteiger charge is -2.16. The normalized spacial score (nSPS) is 12.3. The molecule has 0 aromatic carbocycles. The Hall–Kier alpha value is -2.01. The maximum atomic E-state index is 10.5. The molecule has 2 rings (SSSR count). The molecule has 1 unspecified atom stereocenters. The number of hydrogen-bond acceptors (Lipinski definition) is 5. The van der Waals surface area contributed by atoms with Crippen LogP contribution in [0.1, 0.15) is 39.9 Å². The third kappa shape index (κ3) is 3.19. The largest absolute Gasteiger partial charge is 0.496 e. The third-order valence-electron chi connectivity index (χ3n) is 3.64. The molecule has 1 N–H and O–H groups in total. The van der Waals surface area contributed by atoms with Gasteiger partial charge in [-0.15, -0.1) is 0 Å². The van der Waals surface area contributed by atoms with E-state index in [1.807, 2.05) is 33.8 Å². The van der Waals surface area contributed by atoms with Gasteiger partial charge in [0.15, 0.2) is 0 Å². The first kappa shape index (κ1) is 15.4. The summed E-state index contributed by atoms with van der Waals surface area (Å²) < 4.78 is 5.40. The molecule has 0 amide bonds. The number of hydrogen-bond donors (Lipinski definition) is 1. The van der Waals surface area contributed by atoms with Crippen LogP contribution in [0.2, 0.25) is 0 Å². The summed E-state index contributed by atoms with van der Waals surface area (Å²) in [5.41, 5.74) is 5.12. The fourth-order valence-corrected chi connectivity index (χ4v) is 2.48. The fourth-order valence-electron chi connectivity index (χ4n) is 2.48. The number of pyridine rings is 1. The predicted octanol–water partition coefficient (Wildman–Crippen LogP) is 2.39. The molecule has 0 spiro atoms. The van der Waals surface area contributed by atoms with Gasteiger partial charge in [0.05, 0.1) is 24.6 Å². The highest BCUT2D eigenvalue weighted by Crippen LogP contribution is 2.27. The zero-order chi connectivity index (χ0) is 15.6. The van der Waals surface area contributed by atoms with Crippen LogP contribution in [0.5, 0.6) is 5.75 Å². The van der Waals surface area contributed by atoms with Gasteiger partial charge in [-0.3, -0.25) is 4.98 Å². The van der Waals surface area contributed by atoms with Gasteiger partial charge in [-0.05, 0) is 33.8 Å². The average molecular weight is 287 g/mol. The van der Waals surface area contributed by atoms with Crippen molar-refractivity contribution in [2.45, 2.75) is 40.2 Å². The van der Waals surface area contributed by atoms with Crippen molar-refractivity contribution in [1.29, 1.82) is 0 Å². The van der Waals surface area contributed by atoms with E-state index in [9.17, 15) is 5.11 Å². The third-order valence-corrected chi connectivity index (χ3v) is 3.64. The molecule has 0 bridgehead atoms. The summed E-state index contributed by atoms with van der Waals surface area (Å²) in [4.78, 5) is 4.43. The number of ether oxygens (including phenoxy) is 1. The molecule has 5 nitrogen and oxygen atoms in total. The highest BCUT2D eigenvalue weighted by molar-refractivity contribution is 5.41. The number of aryl methyl sites for hydroxylation is 3. The Morgan fingerprint density at radius 1 is 1.19 bits per heavy atom. The molecule has 5 heteroatoms. The zero-order valence-electron chi connectivity index (χ0n) is 13.1. The van der Waals surface area contributed by atoms with Crippen molar-refractivity contribution in [3.63, 3.8) is 0 Å². The standard InChI is InChI=1S/C16H21N3O2/c1-9-8-17-14(11(3)16(9)21-5)7-15(20)13-6-10(2)18-19-12(13)4/h6,8,15,20H,7H2,1-5H3. The van der Waals surface area contributed by atoms with E-state index in [0.717, 1.165) is 39.5 Å². The van der Waals surface area contributed by atoms with Gasteiger partial charge in [-0.25, -0.2) is 0 Å². The average Bonchev–Trinajstić information content (AvgIpc) is 2.45. The van der Waals surface area contributed by atoms with Crippen LogP contribution in [0.4, 0.5) is 0 Å². The van der Waals surface area contributed by atoms with Gasteiger partial charge in [-0.1, -0.05) is 0 Å². The van der Waals surface area contributed by atoms with Crippen LogP contribution in [0, 0.1) is 27.7 Å². The number of aromatic nitrogens is 3. The first-order chi connectivity index (χ1) is 9.93. The van der Waals surface area contributed by atoms with Crippen molar-refractivity contribution in [2.75, 3.05) is 7.11 Å². The van der Waals surface area contributed by atoms with Gasteiger partial charge < -0.3 is 9.84 Å². The van der Waals surface area contributed by atoms with Crippen molar-refractivity contribution in [3.8, 4) is 5.75 Å². The van der Waals surface area contributed by atoms with Gasteiger partial charge in [0.25, 0.3) is 0 Å². The van der Waals surface area contributed by atoms with Gasteiger partial charge in [-0.2, -0.15) is 10.2 Å². The van der Waals surface area contributed by atoms with E-state index in [0.29, 0.717) is 6.42 Å². The predicted molar refractivity (Wildman–Crippen MR) is 80.4 cm³/mol. The van der Waals surface area contributed by atoms with E-state index in [2.05, 4.69) is 15.2 Å². The van der Waals surface area contributed by atoms with Crippen LogP contribution in [0.25, 0.3) is 0 Å². The van der Waals surface area contributed by atoms with Gasteiger partial charge in [0.2, 0.25) is 0 Å². The second-order valence-corrected chi connectivity index (χ2v) is 5.29. The monoisotopic (exact) mass is 287 g/mol. The molecule has 112 valence electrons. The number of methoxy groups -OCH3 is 1. The molecule has 0 fully saturated rings. The number of aliphatic hydroxyl groups excluding tert-OH is 1. The first-order valence-electron chi connectivity index (χ1n) is 6.92. The first-order valence-corrected chi connectivity index (χ1v) is 6.92. The summed E-state index contributed by atoms with van der Waals surface area (Å²) in [7, 11) is 1.65. The lowest BCUT2D eigenvalue weighted by molar-refractivity contribution is 0.175. The van der Waals surface area contributed by atoms with Crippen LogP contribution in [0.3, 0.4) is 0 Å². The smallest absolute Gasteiger partial charge is 0.128 e. The molecule has 21 heavy (non-hydrogen) atoms. The summed E-state index contributed by atoms with van der Waals surface area (Å²) in [5.74, 6) is 0.827. The lowest BCUT2D eigenvalue weighted by atomic mass is 10.00. The van der Waals surface area contributed by atoms with Crippen LogP contribution >= 0.6 is 0 Å². The van der Waals surface area contributed by atoms with Crippen molar-refractivity contribution in [2.24, 2.45) is 0 Å². The Kier molecular flexibility index (Phi) is 4.53. The van der Waals surface area contributed by atoms with E-state index in [4.69, 9.17) is 4.74 Å². The Bertz CT molecular complexity index is 656. The van der Waals surface area contributed by atoms with Crippen molar-refractivity contribution < 1.29 is 9.84 Å². The maximum absolute atomic E-state index is 10.5. The molecule has 0 aliphatic carbocycles. The van der Waals surface area contributed by atoms with Crippen molar-refractivity contribution >= 4 is 0 Å². The quantitative estimate of drug-likeness (QED) is 0.935. The maximum Gasteiger partial charge on any atom is 0.128 e. The minimum absolute atomic E-state index is 0.425. The Balaban J connectivity index is 2.32. The summed E-state index contributed by atoms with van der Waals surface area (Å²) in [6.07, 6.45) is 1.54. The molecular formula is C16H21N3O2. The SMILES string of the molecule is COc1c(C)cnc(CC(O)c2cc(C)nnc2C)c1C. The second-order valence-electron chi connectivity index (χ2n) is 5.29. The molecule has 0 saturated heterocycles. The Labute approximate surface area is 125 Å². The minimum atomic E-state index is -0.655. The second kappa shape index (κ2) is 6.18. The minimum Gasteiger partial charge on any atom is -0.496 e. The van der Waals surface area contributed by atoms with E-state index < -0.39 is 6.10 Å². The van der Waals surface area contributed by atoms with Gasteiger partial charge in [0.1, 0.15) is 5.75 Å². The summed E-state index contributed by atoms with van der Waals surface area (Å²) in [5, 5.41) is 18.5. The molecule has 2 heterocycles. The van der Waals surface area contributed by atoms with Crippen LogP contribution in [0.15, 0.2) is 12.3 Å². The number of aliphatic hydroxyl groups is 1. The topological polar surface area (TPSA) is 68.1 Å². The molecule has 0 aliphatic heterocycles. The summed E-state index contributed by atoms with van der Waals surface area (Å²) >= 11 is 0. The van der Waals surface area contributed by atoms with Crippen molar-refractivity contribution in [3.05, 3.63) is 46.0 Å². The molecule has 2 aromatic heterocycles. The Morgan fingerprint density at radius 2 is 1.90 bits per heavy atom. The molecule has 1 atom stereocenters. The zero-order valence-corrected chi connectivity index (χ0v) is 13.1. The summed E-state index contributed by atoms with van der Waals surface area (Å²) in [6, 6.07) is 1.87. The van der Waals surface area contributed by atoms with Crippen LogP contribution in [-0.2, 0) is 6.42 Å². The lowest BCUT2D eigenvalue weighted by Crippen LogP contribution is -2.10. The van der Waals surface area contributed by atoms with E-state index in [-0.39, 0.29) is 0 Å².